The predicted molar refractivity (Wildman–Crippen MR) is 77.5 cm³/mol. The maximum atomic E-state index is 12.2. The van der Waals surface area contributed by atoms with Gasteiger partial charge in [0.1, 0.15) is 0 Å². The smallest absolute Gasteiger partial charge is 0.317 e. The summed E-state index contributed by atoms with van der Waals surface area (Å²) in [7, 11) is 3.46. The molecule has 2 fully saturated rings. The monoisotopic (exact) mass is 284 g/mol. The third kappa shape index (κ3) is 2.66. The normalized spacial score (nSPS) is 33.2. The van der Waals surface area contributed by atoms with Crippen LogP contribution in [0.4, 0.5) is 4.79 Å². The van der Waals surface area contributed by atoms with E-state index in [-0.39, 0.29) is 29.2 Å². The van der Waals surface area contributed by atoms with E-state index in [9.17, 15) is 9.90 Å². The number of nitrogens with one attached hydrogen (secondary N) is 1. The van der Waals surface area contributed by atoms with Gasteiger partial charge in [-0.15, -0.1) is 0 Å². The zero-order valence-electron chi connectivity index (χ0n) is 13.3. The number of rotatable bonds is 5. The third-order valence-corrected chi connectivity index (χ3v) is 5.55. The van der Waals surface area contributed by atoms with Crippen molar-refractivity contribution in [3.8, 4) is 0 Å². The minimum Gasteiger partial charge on any atom is -0.391 e. The van der Waals surface area contributed by atoms with Crippen LogP contribution in [-0.2, 0) is 4.74 Å². The van der Waals surface area contributed by atoms with Gasteiger partial charge in [0.05, 0.1) is 11.7 Å². The molecule has 2 rings (SSSR count). The Balaban J connectivity index is 1.83. The van der Waals surface area contributed by atoms with E-state index in [2.05, 4.69) is 26.1 Å². The second kappa shape index (κ2) is 5.19. The Kier molecular flexibility index (Phi) is 4.04. The van der Waals surface area contributed by atoms with Crippen LogP contribution in [0.3, 0.4) is 0 Å². The molecule has 5 nitrogen and oxygen atoms in total. The average Bonchev–Trinajstić information content (AvgIpc) is 3.21. The zero-order valence-corrected chi connectivity index (χ0v) is 13.3. The number of ether oxygens (including phenoxy) is 1. The summed E-state index contributed by atoms with van der Waals surface area (Å²) in [6.07, 6.45) is 2.60. The number of amides is 2. The highest BCUT2D eigenvalue weighted by atomic mass is 16.5. The van der Waals surface area contributed by atoms with Crippen LogP contribution in [-0.4, -0.2) is 54.5 Å². The van der Waals surface area contributed by atoms with E-state index in [0.29, 0.717) is 12.5 Å². The molecule has 2 saturated carbocycles. The second-order valence-electron chi connectivity index (χ2n) is 7.15. The average molecular weight is 284 g/mol. The molecule has 0 aromatic rings. The summed E-state index contributed by atoms with van der Waals surface area (Å²) < 4.78 is 5.56. The van der Waals surface area contributed by atoms with Crippen LogP contribution in [0.2, 0.25) is 0 Å². The van der Waals surface area contributed by atoms with Crippen molar-refractivity contribution >= 4 is 6.03 Å². The molecule has 0 bridgehead atoms. The lowest BCUT2D eigenvalue weighted by molar-refractivity contribution is -0.177. The summed E-state index contributed by atoms with van der Waals surface area (Å²) in [4.78, 5) is 13.8. The highest BCUT2D eigenvalue weighted by Crippen LogP contribution is 2.51. The first-order valence-electron chi connectivity index (χ1n) is 7.46. The zero-order chi connectivity index (χ0) is 15.1. The number of hydrogen-bond donors (Lipinski definition) is 2. The van der Waals surface area contributed by atoms with Crippen LogP contribution >= 0.6 is 0 Å². The Hall–Kier alpha value is -0.810. The van der Waals surface area contributed by atoms with Crippen molar-refractivity contribution in [3.05, 3.63) is 0 Å². The van der Waals surface area contributed by atoms with Crippen LogP contribution in [0.1, 0.15) is 40.0 Å². The van der Waals surface area contributed by atoms with Crippen molar-refractivity contribution in [2.75, 3.05) is 20.7 Å². The second-order valence-corrected chi connectivity index (χ2v) is 7.15. The summed E-state index contributed by atoms with van der Waals surface area (Å²) in [5.41, 5.74) is -0.273. The summed E-state index contributed by atoms with van der Waals surface area (Å²) >= 11 is 0. The van der Waals surface area contributed by atoms with E-state index >= 15 is 0 Å². The van der Waals surface area contributed by atoms with Gasteiger partial charge >= 0.3 is 6.03 Å². The summed E-state index contributed by atoms with van der Waals surface area (Å²) in [5.74, 6) is 0.391. The Morgan fingerprint density at radius 3 is 2.50 bits per heavy atom. The van der Waals surface area contributed by atoms with Gasteiger partial charge in [-0.1, -0.05) is 13.8 Å². The van der Waals surface area contributed by atoms with Crippen molar-refractivity contribution in [2.24, 2.45) is 11.3 Å². The standard InChI is InChI=1S/C15H28N2O3/c1-14(2)12(8-15(14,3)20-5)16-13(19)17(4)9-11(18)10-6-7-10/h10-12,18H,6-9H2,1-5H3,(H,16,19). The van der Waals surface area contributed by atoms with E-state index in [4.69, 9.17) is 4.74 Å². The molecule has 2 amide bonds. The van der Waals surface area contributed by atoms with Crippen molar-refractivity contribution in [1.82, 2.24) is 10.2 Å². The van der Waals surface area contributed by atoms with Crippen LogP contribution in [0.15, 0.2) is 0 Å². The lowest BCUT2D eigenvalue weighted by Gasteiger charge is -2.59. The number of methoxy groups -OCH3 is 1. The number of aliphatic hydroxyl groups excluding tert-OH is 1. The van der Waals surface area contributed by atoms with Gasteiger partial charge in [0.25, 0.3) is 0 Å². The lowest BCUT2D eigenvalue weighted by Crippen LogP contribution is -2.69. The highest BCUT2D eigenvalue weighted by Gasteiger charge is 2.58. The minimum atomic E-state index is -0.385. The Morgan fingerprint density at radius 1 is 1.45 bits per heavy atom. The molecule has 2 aliphatic carbocycles. The van der Waals surface area contributed by atoms with Gasteiger partial charge in [0.15, 0.2) is 0 Å². The first-order chi connectivity index (χ1) is 9.21. The molecule has 116 valence electrons. The van der Waals surface area contributed by atoms with Crippen LogP contribution < -0.4 is 5.32 Å². The van der Waals surface area contributed by atoms with Gasteiger partial charge < -0.3 is 20.1 Å². The third-order valence-electron chi connectivity index (χ3n) is 5.55. The van der Waals surface area contributed by atoms with Crippen molar-refractivity contribution in [2.45, 2.75) is 57.8 Å². The summed E-state index contributed by atoms with van der Waals surface area (Å²) in [6, 6.07) is 0.00129. The maximum Gasteiger partial charge on any atom is 0.317 e. The summed E-state index contributed by atoms with van der Waals surface area (Å²) in [5, 5.41) is 13.0. The predicted octanol–water partition coefficient (Wildman–Crippen LogP) is 1.60. The molecule has 0 aromatic heterocycles. The fraction of sp³-hybridized carbons (Fsp3) is 0.933. The van der Waals surface area contributed by atoms with Gasteiger partial charge in [-0.25, -0.2) is 4.79 Å². The highest BCUT2D eigenvalue weighted by molar-refractivity contribution is 5.74. The number of carbonyl (C=O) groups is 1. The molecule has 3 unspecified atom stereocenters. The van der Waals surface area contributed by atoms with E-state index < -0.39 is 0 Å². The van der Waals surface area contributed by atoms with Gasteiger partial charge in [-0.05, 0) is 32.1 Å². The van der Waals surface area contributed by atoms with Crippen molar-refractivity contribution in [3.63, 3.8) is 0 Å². The molecule has 2 aliphatic rings. The van der Waals surface area contributed by atoms with Gasteiger partial charge in [0, 0.05) is 32.2 Å². The molecule has 3 atom stereocenters. The van der Waals surface area contributed by atoms with Crippen LogP contribution in [0, 0.1) is 11.3 Å². The molecular formula is C15H28N2O3. The Labute approximate surface area is 121 Å². The number of nitrogens with zero attached hydrogens (tertiary/aromatic N) is 1. The van der Waals surface area contributed by atoms with Crippen LogP contribution in [0.5, 0.6) is 0 Å². The van der Waals surface area contributed by atoms with Gasteiger partial charge in [-0.3, -0.25) is 0 Å². The molecule has 2 N–H and O–H groups in total. The van der Waals surface area contributed by atoms with Crippen LogP contribution in [0.25, 0.3) is 0 Å². The van der Waals surface area contributed by atoms with Gasteiger partial charge in [0.2, 0.25) is 0 Å². The summed E-state index contributed by atoms with van der Waals surface area (Å²) in [6.45, 7) is 6.72. The van der Waals surface area contributed by atoms with E-state index in [1.165, 1.54) is 0 Å². The quantitative estimate of drug-likeness (QED) is 0.806. The van der Waals surface area contributed by atoms with E-state index in [0.717, 1.165) is 19.3 Å². The Morgan fingerprint density at radius 2 is 2.05 bits per heavy atom. The molecule has 0 saturated heterocycles. The molecule has 5 heteroatoms. The first-order valence-corrected chi connectivity index (χ1v) is 7.46. The fourth-order valence-corrected chi connectivity index (χ4v) is 2.98. The molecule has 0 aliphatic heterocycles. The van der Waals surface area contributed by atoms with E-state index in [1.54, 1.807) is 19.1 Å². The first kappa shape index (κ1) is 15.6. The van der Waals surface area contributed by atoms with Gasteiger partial charge in [-0.2, -0.15) is 0 Å². The van der Waals surface area contributed by atoms with Crippen molar-refractivity contribution in [1.29, 1.82) is 0 Å². The topological polar surface area (TPSA) is 61.8 Å². The molecule has 0 aromatic carbocycles. The molecule has 0 heterocycles. The number of urea groups is 1. The minimum absolute atomic E-state index is 0.0899. The lowest BCUT2D eigenvalue weighted by atomic mass is 9.56. The SMILES string of the molecule is COC1(C)CC(NC(=O)N(C)CC(O)C2CC2)C1(C)C. The number of likely N-dealkylation sites (N-methyl/N-ethyl adjacent to an activating group) is 1. The molecule has 0 spiro atoms. The maximum absolute atomic E-state index is 12.2. The number of carbonyl (C=O) groups excluding carboxylic acids is 1. The van der Waals surface area contributed by atoms with E-state index in [1.807, 2.05) is 0 Å². The Bertz CT molecular complexity index is 381. The molecular weight excluding hydrogens is 256 g/mol. The van der Waals surface area contributed by atoms with Crippen molar-refractivity contribution < 1.29 is 14.6 Å². The molecule has 0 radical (unpaired) electrons. The fourth-order valence-electron chi connectivity index (χ4n) is 2.98. The number of aliphatic hydroxyl groups is 1. The molecule has 20 heavy (non-hydrogen) atoms. The largest absolute Gasteiger partial charge is 0.391 e. The number of hydrogen-bond acceptors (Lipinski definition) is 3.